The first-order chi connectivity index (χ1) is 22.9. The van der Waals surface area contributed by atoms with Crippen molar-refractivity contribution in [1.29, 1.82) is 0 Å². The summed E-state index contributed by atoms with van der Waals surface area (Å²) < 4.78 is 5.02. The van der Waals surface area contributed by atoms with Crippen molar-refractivity contribution >= 4 is 65.2 Å². The molecule has 0 spiro atoms. The van der Waals surface area contributed by atoms with Crippen molar-refractivity contribution in [2.45, 2.75) is 0 Å². The molecule has 0 saturated carbocycles. The van der Waals surface area contributed by atoms with Crippen LogP contribution in [0.1, 0.15) is 0 Å². The molecular weight excluding hydrogens is 556 g/mol. The van der Waals surface area contributed by atoms with Crippen molar-refractivity contribution in [3.8, 4) is 33.6 Å². The van der Waals surface area contributed by atoms with Gasteiger partial charge < -0.3 is 9.13 Å². The molecule has 0 atom stereocenters. The molecule has 0 N–H and O–H groups in total. The Morgan fingerprint density at radius 2 is 0.870 bits per heavy atom. The fourth-order valence-corrected chi connectivity index (χ4v) is 8.44. The molecule has 46 heavy (non-hydrogen) atoms. The number of para-hydroxylation sites is 3. The lowest BCUT2D eigenvalue weighted by atomic mass is 9.99. The quantitative estimate of drug-likeness (QED) is 0.192. The summed E-state index contributed by atoms with van der Waals surface area (Å²) in [4.78, 5) is 0. The molecule has 0 bridgehead atoms. The van der Waals surface area contributed by atoms with E-state index in [1.54, 1.807) is 0 Å². The summed E-state index contributed by atoms with van der Waals surface area (Å²) in [5, 5.41) is 10.3. The lowest BCUT2D eigenvalue weighted by Crippen LogP contribution is -1.97. The van der Waals surface area contributed by atoms with Gasteiger partial charge in [-0.05, 0) is 74.8 Å². The third-order valence-corrected chi connectivity index (χ3v) is 10.2. The third kappa shape index (κ3) is 2.96. The molecule has 1 aliphatic carbocycles. The van der Waals surface area contributed by atoms with Crippen LogP contribution in [0.15, 0.2) is 158 Å². The van der Waals surface area contributed by atoms with Gasteiger partial charge in [0.2, 0.25) is 0 Å². The molecule has 0 radical (unpaired) electrons. The van der Waals surface area contributed by atoms with Crippen LogP contribution in [0, 0.1) is 0 Å². The molecule has 0 amide bonds. The summed E-state index contributed by atoms with van der Waals surface area (Å²) >= 11 is 0. The van der Waals surface area contributed by atoms with Crippen LogP contribution in [0.3, 0.4) is 0 Å². The summed E-state index contributed by atoms with van der Waals surface area (Å²) in [6, 6.07) is 58.1. The van der Waals surface area contributed by atoms with Gasteiger partial charge in [-0.2, -0.15) is 0 Å². The van der Waals surface area contributed by atoms with Crippen molar-refractivity contribution in [1.82, 2.24) is 9.13 Å². The van der Waals surface area contributed by atoms with E-state index in [0.717, 1.165) is 0 Å². The zero-order valence-corrected chi connectivity index (χ0v) is 24.9. The highest BCUT2D eigenvalue weighted by molar-refractivity contribution is 6.36. The van der Waals surface area contributed by atoms with Crippen LogP contribution in [0.25, 0.3) is 98.8 Å². The van der Waals surface area contributed by atoms with Gasteiger partial charge >= 0.3 is 0 Å². The molecule has 0 aliphatic heterocycles. The second kappa shape index (κ2) is 8.74. The molecule has 2 heterocycles. The van der Waals surface area contributed by atoms with Crippen LogP contribution < -0.4 is 0 Å². The van der Waals surface area contributed by atoms with Crippen LogP contribution in [0.5, 0.6) is 0 Å². The predicted molar refractivity (Wildman–Crippen MR) is 195 cm³/mol. The molecule has 212 valence electrons. The maximum atomic E-state index is 2.55. The van der Waals surface area contributed by atoms with Crippen molar-refractivity contribution in [2.24, 2.45) is 0 Å². The summed E-state index contributed by atoms with van der Waals surface area (Å²) in [6.45, 7) is 0. The molecular formula is C44H26N2. The van der Waals surface area contributed by atoms with Gasteiger partial charge in [0.1, 0.15) is 0 Å². The highest BCUT2D eigenvalue weighted by Crippen LogP contribution is 2.50. The number of nitrogens with zero attached hydrogens (tertiary/aromatic N) is 2. The van der Waals surface area contributed by atoms with Crippen molar-refractivity contribution in [3.05, 3.63) is 158 Å². The first-order valence-electron chi connectivity index (χ1n) is 16.0. The lowest BCUT2D eigenvalue weighted by molar-refractivity contribution is 1.18. The first-order valence-corrected chi connectivity index (χ1v) is 16.0. The lowest BCUT2D eigenvalue weighted by Gasteiger charge is -2.14. The van der Waals surface area contributed by atoms with E-state index in [4.69, 9.17) is 0 Å². The van der Waals surface area contributed by atoms with E-state index in [1.165, 1.54) is 98.8 Å². The van der Waals surface area contributed by atoms with Crippen LogP contribution in [0.4, 0.5) is 0 Å². The van der Waals surface area contributed by atoms with Crippen molar-refractivity contribution < 1.29 is 0 Å². The van der Waals surface area contributed by atoms with E-state index in [-0.39, 0.29) is 0 Å². The molecule has 8 aromatic carbocycles. The van der Waals surface area contributed by atoms with Gasteiger partial charge in [0.15, 0.2) is 0 Å². The van der Waals surface area contributed by atoms with Gasteiger partial charge in [-0.1, -0.05) is 121 Å². The smallest absolute Gasteiger partial charge is 0.0647 e. The van der Waals surface area contributed by atoms with E-state index >= 15 is 0 Å². The van der Waals surface area contributed by atoms with Crippen molar-refractivity contribution in [2.75, 3.05) is 0 Å². The number of hydrogen-bond acceptors (Lipinski definition) is 0. The SMILES string of the molecule is c1ccc(-n2c3ccccc3c3c2c2ccccc2c2c4ccccc4n(-c4cc5c6c(cccc6c4)-c4ccccc4-5)c23)cc1. The van der Waals surface area contributed by atoms with E-state index in [9.17, 15) is 0 Å². The summed E-state index contributed by atoms with van der Waals surface area (Å²) in [7, 11) is 0. The molecule has 2 aromatic heterocycles. The van der Waals surface area contributed by atoms with Gasteiger partial charge in [0.05, 0.1) is 22.1 Å². The van der Waals surface area contributed by atoms with E-state index in [0.29, 0.717) is 0 Å². The largest absolute Gasteiger partial charge is 0.309 e. The Labute approximate surface area is 265 Å². The molecule has 1 aliphatic rings. The first kappa shape index (κ1) is 24.2. The zero-order valence-electron chi connectivity index (χ0n) is 24.9. The van der Waals surface area contributed by atoms with Gasteiger partial charge in [0, 0.05) is 38.3 Å². The molecule has 2 heteroatoms. The Balaban J connectivity index is 1.41. The minimum absolute atomic E-state index is 1.17. The van der Waals surface area contributed by atoms with Crippen molar-refractivity contribution in [3.63, 3.8) is 0 Å². The van der Waals surface area contributed by atoms with E-state index in [2.05, 4.69) is 167 Å². The monoisotopic (exact) mass is 582 g/mol. The highest BCUT2D eigenvalue weighted by atomic mass is 15.0. The Morgan fingerprint density at radius 1 is 0.304 bits per heavy atom. The fraction of sp³-hybridized carbons (Fsp3) is 0. The topological polar surface area (TPSA) is 9.86 Å². The van der Waals surface area contributed by atoms with Gasteiger partial charge in [-0.25, -0.2) is 0 Å². The second-order valence-electron chi connectivity index (χ2n) is 12.5. The van der Waals surface area contributed by atoms with Gasteiger partial charge in [0.25, 0.3) is 0 Å². The number of benzene rings is 8. The number of rotatable bonds is 2. The summed E-state index contributed by atoms with van der Waals surface area (Å²) in [5.74, 6) is 0. The molecule has 11 rings (SSSR count). The number of hydrogen-bond donors (Lipinski definition) is 0. The number of aromatic nitrogens is 2. The highest BCUT2D eigenvalue weighted by Gasteiger charge is 2.26. The van der Waals surface area contributed by atoms with Crippen LogP contribution in [-0.4, -0.2) is 9.13 Å². The minimum atomic E-state index is 1.17. The van der Waals surface area contributed by atoms with E-state index in [1.807, 2.05) is 0 Å². The molecule has 2 nitrogen and oxygen atoms in total. The Morgan fingerprint density at radius 3 is 1.63 bits per heavy atom. The van der Waals surface area contributed by atoms with Crippen LogP contribution >= 0.6 is 0 Å². The second-order valence-corrected chi connectivity index (χ2v) is 12.5. The fourth-order valence-electron chi connectivity index (χ4n) is 8.44. The Kier molecular flexibility index (Phi) is 4.61. The zero-order chi connectivity index (χ0) is 29.9. The molecule has 10 aromatic rings. The molecule has 0 saturated heterocycles. The standard InChI is InChI=1S/C44H26N2/c1-2-14-28(15-3-1)45-39-24-11-9-21-36(39)42-43(45)34-19-7-6-18-33(34)41-35-20-8-10-23-38(35)46(44(41)42)29-25-27-13-12-22-32-30-16-4-5-17-31(30)37(26-29)40(27)32/h1-26H. The number of fused-ring (bicyclic) bond motifs is 13. The maximum Gasteiger partial charge on any atom is 0.0647 e. The Hall–Kier alpha value is -6.12. The normalized spacial score (nSPS) is 12.3. The molecule has 0 fully saturated rings. The van der Waals surface area contributed by atoms with Crippen LogP contribution in [0.2, 0.25) is 0 Å². The van der Waals surface area contributed by atoms with Crippen LogP contribution in [-0.2, 0) is 0 Å². The summed E-state index contributed by atoms with van der Waals surface area (Å²) in [5.41, 5.74) is 12.6. The third-order valence-electron chi connectivity index (χ3n) is 10.2. The van der Waals surface area contributed by atoms with E-state index < -0.39 is 0 Å². The summed E-state index contributed by atoms with van der Waals surface area (Å²) in [6.07, 6.45) is 0. The Bertz CT molecular complexity index is 2900. The van der Waals surface area contributed by atoms with Gasteiger partial charge in [-0.3, -0.25) is 0 Å². The average Bonchev–Trinajstić information content (AvgIpc) is 3.76. The average molecular weight is 583 g/mol. The minimum Gasteiger partial charge on any atom is -0.309 e. The molecule has 0 unspecified atom stereocenters. The maximum absolute atomic E-state index is 2.55. The predicted octanol–water partition coefficient (Wildman–Crippen LogP) is 11.8. The van der Waals surface area contributed by atoms with Gasteiger partial charge in [-0.15, -0.1) is 0 Å².